The average Bonchev–Trinajstić information content (AvgIpc) is 2.56. The molecule has 0 saturated heterocycles. The fraction of sp³-hybridized carbons (Fsp3) is 0.316. The van der Waals surface area contributed by atoms with E-state index in [4.69, 9.17) is 4.74 Å². The molecule has 1 N–H and O–H groups in total. The first kappa shape index (κ1) is 21.1. The number of amides is 1. The SMILES string of the molecule is CC(=O)Nc1ccc(CCOc2cc(SCC(F)(F)F)c(C)cc2F)cc1. The van der Waals surface area contributed by atoms with E-state index in [0.717, 1.165) is 5.56 Å². The van der Waals surface area contributed by atoms with Crippen LogP contribution in [0.15, 0.2) is 41.3 Å². The number of hydrogen-bond acceptors (Lipinski definition) is 3. The standard InChI is InChI=1S/C19H19F4NO2S/c1-12-9-16(20)17(10-18(12)27-11-19(21,22)23)26-8-7-14-3-5-15(6-4-14)24-13(2)25/h3-6,9-10H,7-8,11H2,1-2H3,(H,24,25). The Kier molecular flexibility index (Phi) is 7.12. The maximum atomic E-state index is 14.0. The van der Waals surface area contributed by atoms with Crippen molar-refractivity contribution >= 4 is 23.4 Å². The molecule has 0 bridgehead atoms. The lowest BCUT2D eigenvalue weighted by molar-refractivity contribution is -0.114. The number of thioether (sulfide) groups is 1. The first-order valence-electron chi connectivity index (χ1n) is 8.13. The van der Waals surface area contributed by atoms with Crippen LogP contribution < -0.4 is 10.1 Å². The minimum absolute atomic E-state index is 0.0693. The van der Waals surface area contributed by atoms with Crippen LogP contribution in [0.25, 0.3) is 0 Å². The minimum atomic E-state index is -4.30. The summed E-state index contributed by atoms with van der Waals surface area (Å²) in [6, 6.07) is 9.59. The predicted molar refractivity (Wildman–Crippen MR) is 97.9 cm³/mol. The monoisotopic (exact) mass is 401 g/mol. The van der Waals surface area contributed by atoms with E-state index in [1.165, 1.54) is 19.1 Å². The largest absolute Gasteiger partial charge is 0.490 e. The molecule has 0 atom stereocenters. The predicted octanol–water partition coefficient (Wildman–Crippen LogP) is 5.37. The highest BCUT2D eigenvalue weighted by molar-refractivity contribution is 7.99. The molecular weight excluding hydrogens is 382 g/mol. The molecule has 2 aromatic carbocycles. The summed E-state index contributed by atoms with van der Waals surface area (Å²) < 4.78 is 56.6. The van der Waals surface area contributed by atoms with Gasteiger partial charge in [0.05, 0.1) is 12.4 Å². The molecule has 2 rings (SSSR count). The molecule has 0 spiro atoms. The van der Waals surface area contributed by atoms with E-state index in [2.05, 4.69) is 5.32 Å². The zero-order valence-electron chi connectivity index (χ0n) is 14.8. The van der Waals surface area contributed by atoms with E-state index in [0.29, 0.717) is 34.3 Å². The van der Waals surface area contributed by atoms with Crippen LogP contribution >= 0.6 is 11.8 Å². The van der Waals surface area contributed by atoms with Crippen molar-refractivity contribution in [2.24, 2.45) is 0 Å². The van der Waals surface area contributed by atoms with Gasteiger partial charge in [0.1, 0.15) is 0 Å². The van der Waals surface area contributed by atoms with Crippen molar-refractivity contribution in [3.05, 3.63) is 53.3 Å². The van der Waals surface area contributed by atoms with Crippen LogP contribution in [0, 0.1) is 12.7 Å². The van der Waals surface area contributed by atoms with Gasteiger partial charge < -0.3 is 10.1 Å². The molecule has 0 aliphatic heterocycles. The zero-order valence-corrected chi connectivity index (χ0v) is 15.6. The van der Waals surface area contributed by atoms with Gasteiger partial charge in [-0.15, -0.1) is 11.8 Å². The van der Waals surface area contributed by atoms with Gasteiger partial charge in [-0.2, -0.15) is 13.2 Å². The lowest BCUT2D eigenvalue weighted by atomic mass is 10.1. The number of alkyl halides is 3. The van der Waals surface area contributed by atoms with E-state index in [1.807, 2.05) is 12.1 Å². The molecule has 27 heavy (non-hydrogen) atoms. The molecule has 0 saturated carbocycles. The Morgan fingerprint density at radius 1 is 1.19 bits per heavy atom. The number of nitrogens with one attached hydrogen (secondary N) is 1. The van der Waals surface area contributed by atoms with Crippen molar-refractivity contribution in [3.63, 3.8) is 0 Å². The minimum Gasteiger partial charge on any atom is -0.490 e. The molecule has 3 nitrogen and oxygen atoms in total. The molecule has 8 heteroatoms. The van der Waals surface area contributed by atoms with Gasteiger partial charge >= 0.3 is 6.18 Å². The van der Waals surface area contributed by atoms with E-state index >= 15 is 0 Å². The van der Waals surface area contributed by atoms with Crippen molar-refractivity contribution < 1.29 is 27.1 Å². The molecule has 1 amide bonds. The summed E-state index contributed by atoms with van der Waals surface area (Å²) in [6.07, 6.45) is -3.81. The molecule has 2 aromatic rings. The third kappa shape index (κ3) is 7.13. The molecule has 0 radical (unpaired) electrons. The lowest BCUT2D eigenvalue weighted by Gasteiger charge is -2.13. The summed E-state index contributed by atoms with van der Waals surface area (Å²) in [6.45, 7) is 3.14. The normalized spacial score (nSPS) is 11.3. The maximum absolute atomic E-state index is 14.0. The summed E-state index contributed by atoms with van der Waals surface area (Å²) >= 11 is 0.607. The summed E-state index contributed by atoms with van der Waals surface area (Å²) in [5.41, 5.74) is 2.02. The van der Waals surface area contributed by atoms with Gasteiger partial charge in [-0.3, -0.25) is 4.79 Å². The topological polar surface area (TPSA) is 38.3 Å². The highest BCUT2D eigenvalue weighted by atomic mass is 32.2. The van der Waals surface area contributed by atoms with E-state index in [-0.39, 0.29) is 18.3 Å². The van der Waals surface area contributed by atoms with Crippen LogP contribution in [-0.2, 0) is 11.2 Å². The van der Waals surface area contributed by atoms with Crippen molar-refractivity contribution in [3.8, 4) is 5.75 Å². The third-order valence-corrected chi connectivity index (χ3v) is 4.77. The van der Waals surface area contributed by atoms with Crippen molar-refractivity contribution in [2.75, 3.05) is 17.7 Å². The number of anilines is 1. The van der Waals surface area contributed by atoms with Gasteiger partial charge in [0.2, 0.25) is 5.91 Å². The van der Waals surface area contributed by atoms with Crippen LogP contribution in [-0.4, -0.2) is 24.4 Å². The molecular formula is C19H19F4NO2S. The third-order valence-electron chi connectivity index (χ3n) is 3.54. The van der Waals surface area contributed by atoms with E-state index in [1.54, 1.807) is 19.1 Å². The van der Waals surface area contributed by atoms with Gasteiger partial charge in [-0.1, -0.05) is 12.1 Å². The Labute approximate surface area is 159 Å². The Hall–Kier alpha value is -2.22. The highest BCUT2D eigenvalue weighted by Gasteiger charge is 2.27. The number of hydrogen-bond donors (Lipinski definition) is 1. The molecule has 0 fully saturated rings. The van der Waals surface area contributed by atoms with Crippen LogP contribution in [0.2, 0.25) is 0 Å². The second-order valence-corrected chi connectivity index (χ2v) is 6.95. The number of rotatable bonds is 7. The van der Waals surface area contributed by atoms with Gasteiger partial charge in [-0.05, 0) is 42.3 Å². The van der Waals surface area contributed by atoms with Crippen LogP contribution in [0.4, 0.5) is 23.2 Å². The van der Waals surface area contributed by atoms with Crippen molar-refractivity contribution in [1.29, 1.82) is 0 Å². The highest BCUT2D eigenvalue weighted by Crippen LogP contribution is 2.33. The summed E-state index contributed by atoms with van der Waals surface area (Å²) in [7, 11) is 0. The van der Waals surface area contributed by atoms with Crippen LogP contribution in [0.1, 0.15) is 18.1 Å². The fourth-order valence-electron chi connectivity index (χ4n) is 2.30. The zero-order chi connectivity index (χ0) is 20.0. The Morgan fingerprint density at radius 3 is 2.44 bits per heavy atom. The lowest BCUT2D eigenvalue weighted by Crippen LogP contribution is -2.11. The average molecular weight is 401 g/mol. The fourth-order valence-corrected chi connectivity index (χ4v) is 3.09. The molecule has 0 unspecified atom stereocenters. The molecule has 0 aliphatic carbocycles. The number of ether oxygens (including phenoxy) is 1. The summed E-state index contributed by atoms with van der Waals surface area (Å²) in [4.78, 5) is 11.3. The van der Waals surface area contributed by atoms with Gasteiger partial charge in [-0.25, -0.2) is 4.39 Å². The molecule has 0 heterocycles. The Balaban J connectivity index is 1.95. The van der Waals surface area contributed by atoms with Crippen LogP contribution in [0.5, 0.6) is 5.75 Å². The van der Waals surface area contributed by atoms with Gasteiger partial charge in [0.25, 0.3) is 0 Å². The Morgan fingerprint density at radius 2 is 1.85 bits per heavy atom. The number of carbonyl (C=O) groups is 1. The van der Waals surface area contributed by atoms with Crippen molar-refractivity contribution in [2.45, 2.75) is 31.3 Å². The quantitative estimate of drug-likeness (QED) is 0.501. The number of aryl methyl sites for hydroxylation is 1. The van der Waals surface area contributed by atoms with Crippen LogP contribution in [0.3, 0.4) is 0 Å². The molecule has 0 aromatic heterocycles. The Bertz CT molecular complexity index is 792. The second-order valence-electron chi connectivity index (χ2n) is 5.93. The smallest absolute Gasteiger partial charge is 0.398 e. The number of halogens is 4. The molecule has 146 valence electrons. The summed E-state index contributed by atoms with van der Waals surface area (Å²) in [5.74, 6) is -1.88. The number of carbonyl (C=O) groups excluding carboxylic acids is 1. The second kappa shape index (κ2) is 9.12. The number of benzene rings is 2. The van der Waals surface area contributed by atoms with Crippen molar-refractivity contribution in [1.82, 2.24) is 0 Å². The first-order chi connectivity index (χ1) is 12.6. The van der Waals surface area contributed by atoms with E-state index in [9.17, 15) is 22.4 Å². The van der Waals surface area contributed by atoms with Gasteiger partial charge in [0.15, 0.2) is 11.6 Å². The molecule has 0 aliphatic rings. The first-order valence-corrected chi connectivity index (χ1v) is 9.11. The van der Waals surface area contributed by atoms with E-state index < -0.39 is 17.7 Å². The maximum Gasteiger partial charge on any atom is 0.398 e. The summed E-state index contributed by atoms with van der Waals surface area (Å²) in [5, 5.41) is 2.65. The van der Waals surface area contributed by atoms with Gasteiger partial charge in [0, 0.05) is 23.9 Å².